The molecule has 2 rings (SSSR count). The lowest BCUT2D eigenvalue weighted by molar-refractivity contribution is -0.155. The molecule has 1 aromatic carbocycles. The minimum absolute atomic E-state index is 0.0702. The Morgan fingerprint density at radius 2 is 1.92 bits per heavy atom. The zero-order valence-corrected chi connectivity index (χ0v) is 15.6. The first kappa shape index (κ1) is 18.9. The largest absolute Gasteiger partial charge is 0.494 e. The van der Waals surface area contributed by atoms with E-state index in [1.165, 1.54) is 37.1 Å². The second-order valence-electron chi connectivity index (χ2n) is 6.10. The van der Waals surface area contributed by atoms with Gasteiger partial charge in [0.1, 0.15) is 16.3 Å². The van der Waals surface area contributed by atoms with Gasteiger partial charge in [-0.05, 0) is 45.0 Å². The number of amides is 1. The van der Waals surface area contributed by atoms with E-state index in [4.69, 9.17) is 4.74 Å². The Hall–Kier alpha value is -2.41. The maximum absolute atomic E-state index is 12.3. The number of carboxylic acids is 1. The number of ether oxygens (including phenoxy) is 1. The molecule has 0 atom stereocenters. The Kier molecular flexibility index (Phi) is 5.79. The molecule has 1 aromatic heterocycles. The number of benzene rings is 1. The maximum Gasteiger partial charge on any atom is 0.329 e. The summed E-state index contributed by atoms with van der Waals surface area (Å²) in [4.78, 5) is 29.3. The van der Waals surface area contributed by atoms with E-state index in [9.17, 15) is 14.7 Å². The van der Waals surface area contributed by atoms with Gasteiger partial charge in [-0.2, -0.15) is 0 Å². The molecular weight excluding hydrogens is 340 g/mol. The molecule has 134 valence electrons. The molecule has 0 bridgehead atoms. The molecule has 25 heavy (non-hydrogen) atoms. The lowest BCUT2D eigenvalue weighted by Gasteiger charge is -2.31. The third-order valence-corrected chi connectivity index (χ3v) is 4.97. The highest BCUT2D eigenvalue weighted by Gasteiger charge is 2.35. The fourth-order valence-corrected chi connectivity index (χ4v) is 2.94. The standard InChI is InChI=1S/C18H22N2O4S/c1-5-24-14-8-6-12(7-9-14)16-19-13(11-25-16)10-15(21)20(4)18(2,3)17(22)23/h6-9,11H,5,10H2,1-4H3,(H,22,23). The van der Waals surface area contributed by atoms with Gasteiger partial charge in [-0.1, -0.05) is 0 Å². The van der Waals surface area contributed by atoms with Gasteiger partial charge in [0.2, 0.25) is 5.91 Å². The van der Waals surface area contributed by atoms with Crippen LogP contribution in [0.5, 0.6) is 5.75 Å². The number of hydrogen-bond donors (Lipinski definition) is 1. The van der Waals surface area contributed by atoms with Crippen LogP contribution in [0.4, 0.5) is 0 Å². The van der Waals surface area contributed by atoms with E-state index in [2.05, 4.69) is 4.98 Å². The summed E-state index contributed by atoms with van der Waals surface area (Å²) < 4.78 is 5.42. The first-order valence-corrected chi connectivity index (χ1v) is 8.81. The Morgan fingerprint density at radius 1 is 1.28 bits per heavy atom. The molecule has 0 saturated heterocycles. The highest BCUT2D eigenvalue weighted by molar-refractivity contribution is 7.13. The number of aliphatic carboxylic acids is 1. The second kappa shape index (κ2) is 7.65. The summed E-state index contributed by atoms with van der Waals surface area (Å²) in [5.74, 6) is -0.525. The fourth-order valence-electron chi connectivity index (χ4n) is 2.11. The van der Waals surface area contributed by atoms with E-state index < -0.39 is 11.5 Å². The van der Waals surface area contributed by atoms with Crippen LogP contribution in [-0.2, 0) is 16.0 Å². The predicted octanol–water partition coefficient (Wildman–Crippen LogP) is 3.07. The van der Waals surface area contributed by atoms with Crippen molar-refractivity contribution >= 4 is 23.2 Å². The molecule has 0 aliphatic carbocycles. The minimum atomic E-state index is -1.26. The van der Waals surface area contributed by atoms with Gasteiger partial charge in [-0.3, -0.25) is 4.79 Å². The van der Waals surface area contributed by atoms with Crippen LogP contribution in [0.25, 0.3) is 10.6 Å². The van der Waals surface area contributed by atoms with Crippen molar-refractivity contribution in [3.05, 3.63) is 35.3 Å². The smallest absolute Gasteiger partial charge is 0.329 e. The van der Waals surface area contributed by atoms with Crippen LogP contribution in [0.15, 0.2) is 29.6 Å². The molecule has 0 unspecified atom stereocenters. The first-order chi connectivity index (χ1) is 11.8. The van der Waals surface area contributed by atoms with Crippen LogP contribution in [-0.4, -0.2) is 46.1 Å². The van der Waals surface area contributed by atoms with Crippen molar-refractivity contribution in [2.45, 2.75) is 32.7 Å². The van der Waals surface area contributed by atoms with Gasteiger partial charge in [0.15, 0.2) is 0 Å². The molecule has 2 aromatic rings. The summed E-state index contributed by atoms with van der Waals surface area (Å²) in [7, 11) is 1.50. The minimum Gasteiger partial charge on any atom is -0.494 e. The number of carbonyl (C=O) groups is 2. The summed E-state index contributed by atoms with van der Waals surface area (Å²) in [5.41, 5.74) is 0.323. The van der Waals surface area contributed by atoms with Crippen LogP contribution in [0.1, 0.15) is 26.5 Å². The highest BCUT2D eigenvalue weighted by atomic mass is 32.1. The van der Waals surface area contributed by atoms with Crippen LogP contribution in [0.2, 0.25) is 0 Å². The third-order valence-electron chi connectivity index (χ3n) is 4.03. The van der Waals surface area contributed by atoms with Crippen LogP contribution in [0, 0.1) is 0 Å². The summed E-state index contributed by atoms with van der Waals surface area (Å²) in [6.45, 7) is 5.54. The number of thiazole rings is 1. The van der Waals surface area contributed by atoms with E-state index in [0.717, 1.165) is 16.3 Å². The Morgan fingerprint density at radius 3 is 2.48 bits per heavy atom. The number of carbonyl (C=O) groups excluding carboxylic acids is 1. The zero-order valence-electron chi connectivity index (χ0n) is 14.8. The quantitative estimate of drug-likeness (QED) is 0.819. The van der Waals surface area contributed by atoms with Gasteiger partial charge in [-0.25, -0.2) is 9.78 Å². The molecule has 0 aliphatic heterocycles. The lowest BCUT2D eigenvalue weighted by atomic mass is 10.0. The second-order valence-corrected chi connectivity index (χ2v) is 6.95. The van der Waals surface area contributed by atoms with Crippen LogP contribution in [0.3, 0.4) is 0 Å². The lowest BCUT2D eigenvalue weighted by Crippen LogP contribution is -2.51. The van der Waals surface area contributed by atoms with Crippen molar-refractivity contribution in [2.75, 3.05) is 13.7 Å². The summed E-state index contributed by atoms with van der Waals surface area (Å²) in [5, 5.41) is 11.9. The molecule has 1 N–H and O–H groups in total. The van der Waals surface area contributed by atoms with Crippen molar-refractivity contribution in [2.24, 2.45) is 0 Å². The molecule has 1 heterocycles. The monoisotopic (exact) mass is 362 g/mol. The van der Waals surface area contributed by atoms with Gasteiger partial charge in [0.25, 0.3) is 0 Å². The van der Waals surface area contributed by atoms with Gasteiger partial charge in [0, 0.05) is 18.0 Å². The van der Waals surface area contributed by atoms with Gasteiger partial charge in [-0.15, -0.1) is 11.3 Å². The molecule has 0 saturated carbocycles. The number of aromatic nitrogens is 1. The predicted molar refractivity (Wildman–Crippen MR) is 96.9 cm³/mol. The Labute approximate surface area is 151 Å². The van der Waals surface area contributed by atoms with Gasteiger partial charge >= 0.3 is 5.97 Å². The van der Waals surface area contributed by atoms with Gasteiger partial charge < -0.3 is 14.7 Å². The molecule has 0 radical (unpaired) electrons. The Balaban J connectivity index is 2.08. The molecule has 0 spiro atoms. The topological polar surface area (TPSA) is 79.7 Å². The van der Waals surface area contributed by atoms with Crippen molar-refractivity contribution in [1.82, 2.24) is 9.88 Å². The van der Waals surface area contributed by atoms with Crippen LogP contribution >= 0.6 is 11.3 Å². The molecule has 1 amide bonds. The molecule has 6 nitrogen and oxygen atoms in total. The number of rotatable bonds is 7. The van der Waals surface area contributed by atoms with E-state index in [0.29, 0.717) is 12.3 Å². The van der Waals surface area contributed by atoms with Crippen molar-refractivity contribution in [3.8, 4) is 16.3 Å². The number of nitrogens with zero attached hydrogens (tertiary/aromatic N) is 2. The summed E-state index contributed by atoms with van der Waals surface area (Å²) in [6, 6.07) is 7.62. The summed E-state index contributed by atoms with van der Waals surface area (Å²) >= 11 is 1.45. The number of likely N-dealkylation sites (N-methyl/N-ethyl adjacent to an activating group) is 1. The van der Waals surface area contributed by atoms with E-state index in [-0.39, 0.29) is 12.3 Å². The average Bonchev–Trinajstić information content (AvgIpc) is 3.03. The number of carboxylic acid groups (broad SMARTS) is 1. The molecular formula is C18H22N2O4S. The van der Waals surface area contributed by atoms with E-state index >= 15 is 0 Å². The first-order valence-electron chi connectivity index (χ1n) is 7.93. The molecule has 0 aliphatic rings. The zero-order chi connectivity index (χ0) is 18.6. The van der Waals surface area contributed by atoms with Crippen molar-refractivity contribution in [1.29, 1.82) is 0 Å². The van der Waals surface area contributed by atoms with Crippen molar-refractivity contribution in [3.63, 3.8) is 0 Å². The average molecular weight is 362 g/mol. The van der Waals surface area contributed by atoms with Crippen molar-refractivity contribution < 1.29 is 19.4 Å². The third kappa shape index (κ3) is 4.36. The molecule has 0 fully saturated rings. The fraction of sp³-hybridized carbons (Fsp3) is 0.389. The van der Waals surface area contributed by atoms with Gasteiger partial charge in [0.05, 0.1) is 18.7 Å². The SMILES string of the molecule is CCOc1ccc(-c2nc(CC(=O)N(C)C(C)(C)C(=O)O)cs2)cc1. The maximum atomic E-state index is 12.3. The Bertz CT molecular complexity index is 753. The normalized spacial score (nSPS) is 11.2. The summed E-state index contributed by atoms with van der Waals surface area (Å²) in [6.07, 6.45) is 0.0702. The highest BCUT2D eigenvalue weighted by Crippen LogP contribution is 2.26. The van der Waals surface area contributed by atoms with Crippen LogP contribution < -0.4 is 4.74 Å². The number of hydrogen-bond acceptors (Lipinski definition) is 5. The van der Waals surface area contributed by atoms with E-state index in [1.54, 1.807) is 0 Å². The van der Waals surface area contributed by atoms with E-state index in [1.807, 2.05) is 36.6 Å². The molecule has 7 heteroatoms.